The number of urea groups is 1. The molecule has 0 aliphatic carbocycles. The van der Waals surface area contributed by atoms with Gasteiger partial charge in [0.05, 0.1) is 0 Å². The molecular formula is C7H8N2O4S. The van der Waals surface area contributed by atoms with Crippen LogP contribution in [0.15, 0.2) is 29.2 Å². The third-order valence-corrected chi connectivity index (χ3v) is 2.78. The molecule has 0 aliphatic rings. The molecule has 1 aromatic carbocycles. The summed E-state index contributed by atoms with van der Waals surface area (Å²) in [6, 6.07) is 4.01. The number of primary amides is 1. The van der Waals surface area contributed by atoms with Crippen molar-refractivity contribution in [2.24, 2.45) is 5.73 Å². The van der Waals surface area contributed by atoms with Crippen LogP contribution < -0.4 is 10.5 Å². The number of para-hydroxylation sites is 1. The first kappa shape index (κ1) is 10.3. The highest BCUT2D eigenvalue weighted by atomic mass is 32.2. The van der Waals surface area contributed by atoms with Crippen molar-refractivity contribution in [3.8, 4) is 5.75 Å². The van der Waals surface area contributed by atoms with E-state index in [0.717, 1.165) is 6.07 Å². The zero-order valence-electron chi connectivity index (χ0n) is 6.97. The number of rotatable bonds is 2. The Kier molecular flexibility index (Phi) is 2.61. The Bertz CT molecular complexity index is 455. The van der Waals surface area contributed by atoms with Crippen molar-refractivity contribution in [2.75, 3.05) is 0 Å². The third-order valence-electron chi connectivity index (χ3n) is 1.39. The molecule has 0 fully saturated rings. The molecule has 1 aromatic rings. The van der Waals surface area contributed by atoms with Crippen LogP contribution in [0.25, 0.3) is 0 Å². The molecule has 2 amide bonds. The lowest BCUT2D eigenvalue weighted by atomic mass is 10.3. The number of nitrogens with two attached hydrogens (primary N) is 1. The molecule has 0 bridgehead atoms. The smallest absolute Gasteiger partial charge is 0.326 e. The van der Waals surface area contributed by atoms with Crippen molar-refractivity contribution in [1.29, 1.82) is 0 Å². The SMILES string of the molecule is NC(=O)NS(=O)(=O)c1ccccc1O. The van der Waals surface area contributed by atoms with Crippen LogP contribution in [-0.4, -0.2) is 19.6 Å². The van der Waals surface area contributed by atoms with E-state index in [4.69, 9.17) is 0 Å². The second-order valence-corrected chi connectivity index (χ2v) is 4.09. The molecule has 0 radical (unpaired) electrons. The van der Waals surface area contributed by atoms with Crippen LogP contribution in [0.5, 0.6) is 5.75 Å². The number of benzene rings is 1. The minimum Gasteiger partial charge on any atom is -0.507 e. The van der Waals surface area contributed by atoms with E-state index in [1.54, 1.807) is 0 Å². The normalized spacial score (nSPS) is 10.9. The van der Waals surface area contributed by atoms with E-state index in [2.05, 4.69) is 5.73 Å². The van der Waals surface area contributed by atoms with Crippen LogP contribution in [0.1, 0.15) is 0 Å². The van der Waals surface area contributed by atoms with Crippen LogP contribution in [0, 0.1) is 0 Å². The zero-order valence-corrected chi connectivity index (χ0v) is 7.78. The topological polar surface area (TPSA) is 109 Å². The van der Waals surface area contributed by atoms with E-state index in [0.29, 0.717) is 0 Å². The number of hydrogen-bond acceptors (Lipinski definition) is 4. The number of amides is 2. The molecule has 76 valence electrons. The van der Waals surface area contributed by atoms with Crippen molar-refractivity contribution >= 4 is 16.1 Å². The lowest BCUT2D eigenvalue weighted by Gasteiger charge is -2.05. The third kappa shape index (κ3) is 2.13. The van der Waals surface area contributed by atoms with Crippen molar-refractivity contribution < 1.29 is 18.3 Å². The number of aromatic hydroxyl groups is 1. The maximum Gasteiger partial charge on any atom is 0.326 e. The molecule has 0 atom stereocenters. The lowest BCUT2D eigenvalue weighted by Crippen LogP contribution is -2.34. The van der Waals surface area contributed by atoms with E-state index in [1.807, 2.05) is 0 Å². The van der Waals surface area contributed by atoms with Gasteiger partial charge in [0.1, 0.15) is 10.6 Å². The monoisotopic (exact) mass is 216 g/mol. The Hall–Kier alpha value is -1.76. The maximum absolute atomic E-state index is 11.3. The molecule has 0 saturated carbocycles. The summed E-state index contributed by atoms with van der Waals surface area (Å²) in [7, 11) is -4.06. The van der Waals surface area contributed by atoms with Gasteiger partial charge in [0.15, 0.2) is 0 Å². The number of hydrogen-bond donors (Lipinski definition) is 3. The zero-order chi connectivity index (χ0) is 10.8. The van der Waals surface area contributed by atoms with Gasteiger partial charge in [-0.2, -0.15) is 0 Å². The summed E-state index contributed by atoms with van der Waals surface area (Å²) in [5.41, 5.74) is 4.66. The molecule has 1 rings (SSSR count). The molecular weight excluding hydrogens is 208 g/mol. The molecule has 0 saturated heterocycles. The summed E-state index contributed by atoms with van der Waals surface area (Å²) < 4.78 is 24.1. The Balaban J connectivity index is 3.17. The number of phenols is 1. The lowest BCUT2D eigenvalue weighted by molar-refractivity contribution is 0.253. The number of nitrogens with one attached hydrogen (secondary N) is 1. The van der Waals surface area contributed by atoms with Gasteiger partial charge in [-0.3, -0.25) is 0 Å². The fourth-order valence-corrected chi connectivity index (χ4v) is 1.85. The minimum absolute atomic E-state index is 0.390. The quantitative estimate of drug-likeness (QED) is 0.633. The van der Waals surface area contributed by atoms with Gasteiger partial charge in [-0.25, -0.2) is 17.9 Å². The summed E-state index contributed by atoms with van der Waals surface area (Å²) in [4.78, 5) is 9.96. The van der Waals surface area contributed by atoms with Crippen LogP contribution in [-0.2, 0) is 10.0 Å². The Morgan fingerprint density at radius 3 is 2.43 bits per heavy atom. The van der Waals surface area contributed by atoms with Gasteiger partial charge in [-0.15, -0.1) is 0 Å². The highest BCUT2D eigenvalue weighted by molar-refractivity contribution is 7.90. The first-order valence-corrected chi connectivity index (χ1v) is 5.02. The number of carbonyl (C=O) groups excluding carboxylic acids is 1. The van der Waals surface area contributed by atoms with E-state index in [9.17, 15) is 18.3 Å². The average Bonchev–Trinajstić information content (AvgIpc) is 2.02. The first-order valence-electron chi connectivity index (χ1n) is 3.54. The summed E-state index contributed by atoms with van der Waals surface area (Å²) in [5, 5.41) is 9.19. The molecule has 14 heavy (non-hydrogen) atoms. The number of phenolic OH excluding ortho intramolecular Hbond substituents is 1. The summed E-state index contributed by atoms with van der Waals surface area (Å²) in [6.07, 6.45) is 0. The highest BCUT2D eigenvalue weighted by Crippen LogP contribution is 2.20. The maximum atomic E-state index is 11.3. The Morgan fingerprint density at radius 1 is 1.36 bits per heavy atom. The predicted molar refractivity (Wildman–Crippen MR) is 48.0 cm³/mol. The Labute approximate surface area is 80.4 Å². The fourth-order valence-electron chi connectivity index (χ4n) is 0.872. The van der Waals surface area contributed by atoms with Gasteiger partial charge >= 0.3 is 6.03 Å². The van der Waals surface area contributed by atoms with Crippen molar-refractivity contribution in [2.45, 2.75) is 4.90 Å². The van der Waals surface area contributed by atoms with Crippen molar-refractivity contribution in [3.63, 3.8) is 0 Å². The summed E-state index contributed by atoms with van der Waals surface area (Å²) >= 11 is 0. The molecule has 0 unspecified atom stereocenters. The van der Waals surface area contributed by atoms with Crippen molar-refractivity contribution in [3.05, 3.63) is 24.3 Å². The average molecular weight is 216 g/mol. The standard InChI is InChI=1S/C7H8N2O4S/c8-7(11)9-14(12,13)6-4-2-1-3-5(6)10/h1-4,10H,(H3,8,9,11). The van der Waals surface area contributed by atoms with Gasteiger partial charge in [0.2, 0.25) is 0 Å². The van der Waals surface area contributed by atoms with Crippen LogP contribution in [0.3, 0.4) is 0 Å². The van der Waals surface area contributed by atoms with Crippen molar-refractivity contribution in [1.82, 2.24) is 4.72 Å². The van der Waals surface area contributed by atoms with Gasteiger partial charge in [0, 0.05) is 0 Å². The highest BCUT2D eigenvalue weighted by Gasteiger charge is 2.19. The van der Waals surface area contributed by atoms with Gasteiger partial charge in [-0.1, -0.05) is 12.1 Å². The molecule has 7 heteroatoms. The van der Waals surface area contributed by atoms with Gasteiger partial charge in [0.25, 0.3) is 10.0 Å². The molecule has 0 aromatic heterocycles. The fraction of sp³-hybridized carbons (Fsp3) is 0. The van der Waals surface area contributed by atoms with Gasteiger partial charge < -0.3 is 10.8 Å². The van der Waals surface area contributed by atoms with E-state index < -0.39 is 21.8 Å². The second-order valence-electron chi connectivity index (χ2n) is 2.44. The summed E-state index contributed by atoms with van der Waals surface area (Å²) in [5.74, 6) is -0.443. The Morgan fingerprint density at radius 2 is 1.93 bits per heavy atom. The summed E-state index contributed by atoms with van der Waals surface area (Å²) in [6.45, 7) is 0. The van der Waals surface area contributed by atoms with Gasteiger partial charge in [-0.05, 0) is 12.1 Å². The largest absolute Gasteiger partial charge is 0.507 e. The molecule has 0 spiro atoms. The molecule has 6 nitrogen and oxygen atoms in total. The number of carbonyl (C=O) groups is 1. The van der Waals surface area contributed by atoms with Crippen LogP contribution in [0.4, 0.5) is 4.79 Å². The molecule has 4 N–H and O–H groups in total. The minimum atomic E-state index is -4.06. The molecule has 0 heterocycles. The second kappa shape index (κ2) is 3.54. The van der Waals surface area contributed by atoms with E-state index >= 15 is 0 Å². The predicted octanol–water partition coefficient (Wildman–Crippen LogP) is -0.251. The van der Waals surface area contributed by atoms with Crippen LogP contribution >= 0.6 is 0 Å². The number of sulfonamides is 1. The molecule has 0 aliphatic heterocycles. The first-order chi connectivity index (χ1) is 6.43. The van der Waals surface area contributed by atoms with E-state index in [1.165, 1.54) is 22.9 Å². The van der Waals surface area contributed by atoms with E-state index in [-0.39, 0.29) is 4.90 Å². The van der Waals surface area contributed by atoms with Crippen LogP contribution in [0.2, 0.25) is 0 Å².